The van der Waals surface area contributed by atoms with Gasteiger partial charge < -0.3 is 10.0 Å². The summed E-state index contributed by atoms with van der Waals surface area (Å²) in [7, 11) is 0. The minimum absolute atomic E-state index is 0.162. The molecule has 1 heterocycles. The molecule has 0 saturated carbocycles. The number of rotatable bonds is 6. The van der Waals surface area contributed by atoms with Crippen LogP contribution in [0.25, 0.3) is 11.1 Å². The minimum atomic E-state index is -2.03. The molecule has 0 saturated heterocycles. The van der Waals surface area contributed by atoms with Gasteiger partial charge in [0.05, 0.1) is 18.7 Å². The number of nitrogens with zero attached hydrogens (tertiary/aromatic N) is 1. The second-order valence-electron chi connectivity index (χ2n) is 8.55. The molecule has 174 valence electrons. The number of fused-ring (bicyclic) bond motifs is 1. The molecule has 0 fully saturated rings. The Labute approximate surface area is 213 Å². The quantitative estimate of drug-likeness (QED) is 0.300. The summed E-state index contributed by atoms with van der Waals surface area (Å²) in [4.78, 5) is 28.2. The van der Waals surface area contributed by atoms with Gasteiger partial charge in [0.2, 0.25) is 0 Å². The van der Waals surface area contributed by atoms with Gasteiger partial charge in [-0.3, -0.25) is 9.59 Å². The Morgan fingerprint density at radius 3 is 2.20 bits per heavy atom. The summed E-state index contributed by atoms with van der Waals surface area (Å²) in [6, 6.07) is 29.1. The Kier molecular flexibility index (Phi) is 6.20. The molecule has 1 aliphatic heterocycles. The molecule has 4 aromatic carbocycles. The number of Topliss-reactive ketones (excluding diaryl/α,β-unsaturated/α-hetero) is 1. The number of aliphatic hydroxyl groups is 1. The van der Waals surface area contributed by atoms with E-state index in [-0.39, 0.29) is 12.3 Å². The number of amides is 1. The van der Waals surface area contributed by atoms with E-state index in [0.29, 0.717) is 26.9 Å². The Bertz CT molecular complexity index is 1420. The van der Waals surface area contributed by atoms with E-state index in [1.54, 1.807) is 36.4 Å². The molecule has 0 radical (unpaired) electrons. The third-order valence-corrected chi connectivity index (χ3v) is 6.91. The van der Waals surface area contributed by atoms with Crippen LogP contribution in [0, 0.1) is 0 Å². The van der Waals surface area contributed by atoms with Crippen LogP contribution in [-0.2, 0) is 16.9 Å². The van der Waals surface area contributed by atoms with Gasteiger partial charge in [0.25, 0.3) is 5.91 Å². The third-order valence-electron chi connectivity index (χ3n) is 6.31. The topological polar surface area (TPSA) is 57.6 Å². The van der Waals surface area contributed by atoms with Gasteiger partial charge in [-0.05, 0) is 41.0 Å². The van der Waals surface area contributed by atoms with E-state index in [9.17, 15) is 14.7 Å². The van der Waals surface area contributed by atoms with Crippen LogP contribution in [0.1, 0.15) is 27.9 Å². The van der Waals surface area contributed by atoms with Crippen LogP contribution < -0.4 is 4.90 Å². The molecule has 4 nitrogen and oxygen atoms in total. The van der Waals surface area contributed by atoms with Gasteiger partial charge in [-0.15, -0.1) is 0 Å². The fourth-order valence-corrected chi connectivity index (χ4v) is 4.83. The molecule has 1 atom stereocenters. The van der Waals surface area contributed by atoms with Crippen LogP contribution in [0.3, 0.4) is 0 Å². The van der Waals surface area contributed by atoms with Gasteiger partial charge in [-0.1, -0.05) is 96.0 Å². The molecule has 6 heteroatoms. The first-order chi connectivity index (χ1) is 16.9. The molecule has 1 N–H and O–H groups in total. The summed E-state index contributed by atoms with van der Waals surface area (Å²) in [5.74, 6) is -0.921. The second kappa shape index (κ2) is 9.31. The minimum Gasteiger partial charge on any atom is -0.375 e. The van der Waals surface area contributed by atoms with Crippen molar-refractivity contribution in [1.82, 2.24) is 0 Å². The Hall–Kier alpha value is -3.44. The molecule has 0 bridgehead atoms. The smallest absolute Gasteiger partial charge is 0.264 e. The fourth-order valence-electron chi connectivity index (χ4n) is 4.46. The maximum Gasteiger partial charge on any atom is 0.264 e. The molecule has 0 aliphatic carbocycles. The first kappa shape index (κ1) is 23.3. The number of halogens is 2. The first-order valence-electron chi connectivity index (χ1n) is 11.1. The third kappa shape index (κ3) is 4.37. The van der Waals surface area contributed by atoms with Crippen molar-refractivity contribution in [3.05, 3.63) is 124 Å². The molecule has 35 heavy (non-hydrogen) atoms. The van der Waals surface area contributed by atoms with Gasteiger partial charge in [0.1, 0.15) is 0 Å². The lowest BCUT2D eigenvalue weighted by molar-refractivity contribution is -0.136. The summed E-state index contributed by atoms with van der Waals surface area (Å²) < 4.78 is 0. The van der Waals surface area contributed by atoms with Gasteiger partial charge in [-0.2, -0.15) is 0 Å². The van der Waals surface area contributed by atoms with Crippen LogP contribution in [0.15, 0.2) is 97.1 Å². The van der Waals surface area contributed by atoms with E-state index in [2.05, 4.69) is 0 Å². The number of hydrogen-bond acceptors (Lipinski definition) is 3. The van der Waals surface area contributed by atoms with Gasteiger partial charge in [0, 0.05) is 21.2 Å². The van der Waals surface area contributed by atoms with E-state index in [1.807, 2.05) is 60.7 Å². The van der Waals surface area contributed by atoms with E-state index in [0.717, 1.165) is 16.7 Å². The lowest BCUT2D eigenvalue weighted by atomic mass is 9.88. The zero-order valence-corrected chi connectivity index (χ0v) is 20.1. The van der Waals surface area contributed by atoms with Crippen LogP contribution >= 0.6 is 23.2 Å². The SMILES string of the molecule is O=C(C[C@]1(O)C(=O)N(Cc2ccccc2Cl)c2ccc(Cl)cc21)c1ccc(-c2ccccc2)cc1. The van der Waals surface area contributed by atoms with Crippen LogP contribution in [0.4, 0.5) is 5.69 Å². The Balaban J connectivity index is 1.45. The maximum absolute atomic E-state index is 13.6. The average Bonchev–Trinajstić information content (AvgIpc) is 3.07. The van der Waals surface area contributed by atoms with Crippen molar-refractivity contribution in [2.45, 2.75) is 18.6 Å². The molecule has 1 amide bonds. The molecule has 0 aromatic heterocycles. The Morgan fingerprint density at radius 2 is 1.49 bits per heavy atom. The summed E-state index contributed by atoms with van der Waals surface area (Å²) in [6.07, 6.45) is -0.400. The van der Waals surface area contributed by atoms with E-state index in [1.165, 1.54) is 4.90 Å². The van der Waals surface area contributed by atoms with Crippen LogP contribution in [0.2, 0.25) is 10.0 Å². The fraction of sp³-hybridized carbons (Fsp3) is 0.103. The molecule has 0 spiro atoms. The van der Waals surface area contributed by atoms with Crippen molar-refractivity contribution in [1.29, 1.82) is 0 Å². The number of ketones is 1. The zero-order chi connectivity index (χ0) is 24.6. The summed E-state index contributed by atoms with van der Waals surface area (Å²) in [5, 5.41) is 12.5. The molecule has 1 aliphatic rings. The molecular formula is C29H21Cl2NO3. The van der Waals surface area contributed by atoms with Gasteiger partial charge in [-0.25, -0.2) is 0 Å². The average molecular weight is 502 g/mol. The van der Waals surface area contributed by atoms with E-state index < -0.39 is 17.9 Å². The highest BCUT2D eigenvalue weighted by molar-refractivity contribution is 6.31. The number of carbonyl (C=O) groups excluding carboxylic acids is 2. The highest BCUT2D eigenvalue weighted by atomic mass is 35.5. The zero-order valence-electron chi connectivity index (χ0n) is 18.6. The van der Waals surface area contributed by atoms with E-state index in [4.69, 9.17) is 23.2 Å². The van der Waals surface area contributed by atoms with Crippen molar-refractivity contribution in [2.24, 2.45) is 0 Å². The number of hydrogen-bond donors (Lipinski definition) is 1. The highest BCUT2D eigenvalue weighted by Gasteiger charge is 2.51. The first-order valence-corrected chi connectivity index (χ1v) is 11.9. The van der Waals surface area contributed by atoms with Crippen molar-refractivity contribution in [2.75, 3.05) is 4.90 Å². The second-order valence-corrected chi connectivity index (χ2v) is 9.39. The maximum atomic E-state index is 13.6. The number of carbonyl (C=O) groups is 2. The highest BCUT2D eigenvalue weighted by Crippen LogP contribution is 2.45. The molecule has 0 unspecified atom stereocenters. The van der Waals surface area contributed by atoms with Gasteiger partial charge in [0.15, 0.2) is 11.4 Å². The molecule has 5 rings (SSSR count). The standard InChI is InChI=1S/C29H21Cl2NO3/c30-23-14-15-26-24(16-23)29(35,28(34)32(26)18-22-8-4-5-9-25(22)31)17-27(33)21-12-10-20(11-13-21)19-6-2-1-3-7-19/h1-16,35H,17-18H2/t29-/m1/s1. The molecule has 4 aromatic rings. The summed E-state index contributed by atoms with van der Waals surface area (Å²) in [5.41, 5.74) is 1.95. The number of benzene rings is 4. The van der Waals surface area contributed by atoms with Crippen molar-refractivity contribution >= 4 is 40.6 Å². The van der Waals surface area contributed by atoms with Crippen molar-refractivity contribution < 1.29 is 14.7 Å². The number of anilines is 1. The summed E-state index contributed by atoms with van der Waals surface area (Å²) in [6.45, 7) is 0.162. The largest absolute Gasteiger partial charge is 0.375 e. The van der Waals surface area contributed by atoms with Crippen molar-refractivity contribution in [3.8, 4) is 11.1 Å². The van der Waals surface area contributed by atoms with Gasteiger partial charge >= 0.3 is 0 Å². The molecular weight excluding hydrogens is 481 g/mol. The van der Waals surface area contributed by atoms with E-state index >= 15 is 0 Å². The Morgan fingerprint density at radius 1 is 0.829 bits per heavy atom. The van der Waals surface area contributed by atoms with Crippen LogP contribution in [0.5, 0.6) is 0 Å². The lowest BCUT2D eigenvalue weighted by Crippen LogP contribution is -2.41. The lowest BCUT2D eigenvalue weighted by Gasteiger charge is -2.23. The van der Waals surface area contributed by atoms with Crippen molar-refractivity contribution in [3.63, 3.8) is 0 Å². The normalized spacial score (nSPS) is 16.9. The summed E-state index contributed by atoms with van der Waals surface area (Å²) >= 11 is 12.5. The van der Waals surface area contributed by atoms with Crippen LogP contribution in [-0.4, -0.2) is 16.8 Å². The predicted octanol–water partition coefficient (Wildman–Crippen LogP) is 6.67. The monoisotopic (exact) mass is 501 g/mol. The predicted molar refractivity (Wildman–Crippen MR) is 139 cm³/mol.